The molecule has 1 aromatic rings. The van der Waals surface area contributed by atoms with Crippen LogP contribution in [-0.2, 0) is 9.59 Å². The number of aromatic nitrogens is 1. The second-order valence-corrected chi connectivity index (χ2v) is 6.11. The predicted molar refractivity (Wildman–Crippen MR) is 73.0 cm³/mol. The van der Waals surface area contributed by atoms with Crippen LogP contribution in [0.1, 0.15) is 18.9 Å². The lowest BCUT2D eigenvalue weighted by Gasteiger charge is -2.19. The van der Waals surface area contributed by atoms with Gasteiger partial charge in [-0.05, 0) is 12.5 Å². The minimum absolute atomic E-state index is 0.00458. The third kappa shape index (κ3) is 2.67. The van der Waals surface area contributed by atoms with Gasteiger partial charge in [0.25, 0.3) is 0 Å². The van der Waals surface area contributed by atoms with Gasteiger partial charge in [-0.1, -0.05) is 23.4 Å². The molecule has 0 saturated carbocycles. The number of hydrogen-bond acceptors (Lipinski definition) is 4. The van der Waals surface area contributed by atoms with Gasteiger partial charge in [-0.3, -0.25) is 14.6 Å². The Bertz CT molecular complexity index is 487. The second-order valence-electron chi connectivity index (χ2n) is 4.23. The van der Waals surface area contributed by atoms with Crippen molar-refractivity contribution >= 4 is 40.1 Å². The number of pyridine rings is 1. The van der Waals surface area contributed by atoms with Crippen LogP contribution in [0.3, 0.4) is 0 Å². The maximum atomic E-state index is 12.0. The molecule has 1 amide bonds. The standard InChI is InChI=1S/C12H13ClN2O2S/c1-7-4-14-5-10(13)12(7)15-6-9(3-11(15)17)18-8(2)16/h4-5,9H,3,6H2,1-2H3. The first kappa shape index (κ1) is 13.4. The highest BCUT2D eigenvalue weighted by Crippen LogP contribution is 2.34. The van der Waals surface area contributed by atoms with E-state index in [2.05, 4.69) is 4.98 Å². The number of anilines is 1. The SMILES string of the molecule is CC(=O)SC1CC(=O)N(c2c(C)cncc2Cl)C1. The first-order valence-electron chi connectivity index (χ1n) is 5.56. The largest absolute Gasteiger partial charge is 0.309 e. The normalized spacial score (nSPS) is 19.4. The van der Waals surface area contributed by atoms with Crippen molar-refractivity contribution in [2.24, 2.45) is 0 Å². The van der Waals surface area contributed by atoms with Crippen molar-refractivity contribution in [2.45, 2.75) is 25.5 Å². The van der Waals surface area contributed by atoms with E-state index in [1.807, 2.05) is 6.92 Å². The van der Waals surface area contributed by atoms with Crippen LogP contribution in [0.2, 0.25) is 5.02 Å². The predicted octanol–water partition coefficient (Wildman–Crippen LogP) is 2.43. The number of rotatable bonds is 2. The van der Waals surface area contributed by atoms with E-state index in [9.17, 15) is 9.59 Å². The first-order chi connectivity index (χ1) is 8.49. The Morgan fingerprint density at radius 1 is 1.56 bits per heavy atom. The van der Waals surface area contributed by atoms with E-state index in [1.165, 1.54) is 24.9 Å². The van der Waals surface area contributed by atoms with Gasteiger partial charge in [0.15, 0.2) is 5.12 Å². The third-order valence-corrected chi connectivity index (χ3v) is 4.01. The lowest BCUT2D eigenvalue weighted by molar-refractivity contribution is -0.117. The minimum atomic E-state index is 0.00458. The lowest BCUT2D eigenvalue weighted by atomic mass is 10.2. The Morgan fingerprint density at radius 2 is 2.28 bits per heavy atom. The fourth-order valence-corrected chi connectivity index (χ4v) is 3.30. The summed E-state index contributed by atoms with van der Waals surface area (Å²) in [6.45, 7) is 3.91. The molecule has 2 rings (SSSR count). The summed E-state index contributed by atoms with van der Waals surface area (Å²) < 4.78 is 0. The molecule has 0 bridgehead atoms. The highest BCUT2D eigenvalue weighted by molar-refractivity contribution is 8.14. The van der Waals surface area contributed by atoms with E-state index < -0.39 is 0 Å². The van der Waals surface area contributed by atoms with E-state index in [4.69, 9.17) is 11.6 Å². The molecule has 0 aliphatic carbocycles. The second kappa shape index (κ2) is 5.28. The van der Waals surface area contributed by atoms with Crippen molar-refractivity contribution < 1.29 is 9.59 Å². The van der Waals surface area contributed by atoms with Gasteiger partial charge in [-0.2, -0.15) is 0 Å². The van der Waals surface area contributed by atoms with E-state index in [1.54, 1.807) is 11.1 Å². The molecule has 0 spiro atoms. The van der Waals surface area contributed by atoms with Gasteiger partial charge < -0.3 is 4.90 Å². The molecule has 0 N–H and O–H groups in total. The van der Waals surface area contributed by atoms with Crippen molar-refractivity contribution in [1.29, 1.82) is 0 Å². The third-order valence-electron chi connectivity index (χ3n) is 2.75. The molecule has 18 heavy (non-hydrogen) atoms. The average Bonchev–Trinajstić information content (AvgIpc) is 2.58. The van der Waals surface area contributed by atoms with Crippen molar-refractivity contribution in [1.82, 2.24) is 4.98 Å². The highest BCUT2D eigenvalue weighted by atomic mass is 35.5. The molecule has 6 heteroatoms. The molecule has 1 saturated heterocycles. The maximum Gasteiger partial charge on any atom is 0.228 e. The molecular weight excluding hydrogens is 272 g/mol. The molecule has 0 aromatic carbocycles. The van der Waals surface area contributed by atoms with Gasteiger partial charge in [0.2, 0.25) is 5.91 Å². The average molecular weight is 285 g/mol. The topological polar surface area (TPSA) is 50.3 Å². The van der Waals surface area contributed by atoms with Crippen molar-refractivity contribution in [3.8, 4) is 0 Å². The quantitative estimate of drug-likeness (QED) is 0.837. The monoisotopic (exact) mass is 284 g/mol. The molecule has 1 atom stereocenters. The molecular formula is C12H13ClN2O2S. The molecule has 1 aliphatic heterocycles. The highest BCUT2D eigenvalue weighted by Gasteiger charge is 2.33. The zero-order valence-corrected chi connectivity index (χ0v) is 11.7. The Morgan fingerprint density at radius 3 is 2.89 bits per heavy atom. The Balaban J connectivity index is 2.24. The number of nitrogens with zero attached hydrogens (tertiary/aromatic N) is 2. The van der Waals surface area contributed by atoms with E-state index in [0.29, 0.717) is 23.7 Å². The molecule has 2 heterocycles. The van der Waals surface area contributed by atoms with Gasteiger partial charge in [-0.15, -0.1) is 0 Å². The van der Waals surface area contributed by atoms with Crippen LogP contribution < -0.4 is 4.90 Å². The summed E-state index contributed by atoms with van der Waals surface area (Å²) in [6.07, 6.45) is 3.59. The Labute approximate surface area is 115 Å². The fourth-order valence-electron chi connectivity index (χ4n) is 2.07. The Hall–Kier alpha value is -1.07. The van der Waals surface area contributed by atoms with Crippen molar-refractivity contribution in [3.63, 3.8) is 0 Å². The van der Waals surface area contributed by atoms with Gasteiger partial charge in [0.05, 0.1) is 10.7 Å². The van der Waals surface area contributed by atoms with Crippen molar-refractivity contribution in [3.05, 3.63) is 23.0 Å². The lowest BCUT2D eigenvalue weighted by Crippen LogP contribution is -2.26. The van der Waals surface area contributed by atoms with Gasteiger partial charge >= 0.3 is 0 Å². The summed E-state index contributed by atoms with van der Waals surface area (Å²) in [5.74, 6) is 0.00458. The van der Waals surface area contributed by atoms with Crippen LogP contribution in [0.5, 0.6) is 0 Å². The minimum Gasteiger partial charge on any atom is -0.309 e. The van der Waals surface area contributed by atoms with Crippen LogP contribution in [0.25, 0.3) is 0 Å². The van der Waals surface area contributed by atoms with Crippen molar-refractivity contribution in [2.75, 3.05) is 11.4 Å². The summed E-state index contributed by atoms with van der Waals surface area (Å²) in [4.78, 5) is 28.7. The number of hydrogen-bond donors (Lipinski definition) is 0. The van der Waals surface area contributed by atoms with Crippen LogP contribution >= 0.6 is 23.4 Å². The molecule has 0 radical (unpaired) electrons. The fraction of sp³-hybridized carbons (Fsp3) is 0.417. The molecule has 1 aromatic heterocycles. The molecule has 1 unspecified atom stereocenters. The summed E-state index contributed by atoms with van der Waals surface area (Å²) in [5, 5.41) is 0.516. The number of thioether (sulfide) groups is 1. The van der Waals surface area contributed by atoms with Crippen LogP contribution in [0.15, 0.2) is 12.4 Å². The smallest absolute Gasteiger partial charge is 0.228 e. The first-order valence-corrected chi connectivity index (χ1v) is 6.82. The number of aryl methyl sites for hydroxylation is 1. The summed E-state index contributed by atoms with van der Waals surface area (Å²) >= 11 is 7.31. The Kier molecular flexibility index (Phi) is 3.92. The van der Waals surface area contributed by atoms with Gasteiger partial charge in [0, 0.05) is 37.5 Å². The number of amides is 1. The van der Waals surface area contributed by atoms with Gasteiger partial charge in [0.1, 0.15) is 0 Å². The van der Waals surface area contributed by atoms with E-state index >= 15 is 0 Å². The molecule has 1 fully saturated rings. The molecule has 4 nitrogen and oxygen atoms in total. The summed E-state index contributed by atoms with van der Waals surface area (Å²) in [6, 6.07) is 0. The van der Waals surface area contributed by atoms with E-state index in [0.717, 1.165) is 5.56 Å². The van der Waals surface area contributed by atoms with E-state index in [-0.39, 0.29) is 16.3 Å². The zero-order valence-electron chi connectivity index (χ0n) is 10.1. The zero-order chi connectivity index (χ0) is 13.3. The number of carbonyl (C=O) groups is 2. The van der Waals surface area contributed by atoms with Crippen LogP contribution in [-0.4, -0.2) is 27.8 Å². The van der Waals surface area contributed by atoms with Gasteiger partial charge in [-0.25, -0.2) is 0 Å². The molecule has 96 valence electrons. The van der Waals surface area contributed by atoms with Crippen LogP contribution in [0, 0.1) is 6.92 Å². The number of halogens is 1. The van der Waals surface area contributed by atoms with Crippen LogP contribution in [0.4, 0.5) is 5.69 Å². The molecule has 1 aliphatic rings. The summed E-state index contributed by atoms with van der Waals surface area (Å²) in [5.41, 5.74) is 1.58. The maximum absolute atomic E-state index is 12.0. The summed E-state index contributed by atoms with van der Waals surface area (Å²) in [7, 11) is 0. The number of carbonyl (C=O) groups excluding carboxylic acids is 2.